The maximum absolute atomic E-state index is 14.2. The predicted octanol–water partition coefficient (Wildman–Crippen LogP) is 7.18. The number of para-hydroxylation sites is 2. The van der Waals surface area contributed by atoms with Gasteiger partial charge in [0.05, 0.1) is 23.3 Å². The van der Waals surface area contributed by atoms with Crippen LogP contribution in [0.25, 0.3) is 5.69 Å². The first kappa shape index (κ1) is 26.5. The first-order valence-corrected chi connectivity index (χ1v) is 14.1. The summed E-state index contributed by atoms with van der Waals surface area (Å²) in [7, 11) is 0. The molecule has 1 atom stereocenters. The summed E-state index contributed by atoms with van der Waals surface area (Å²) in [4.78, 5) is 31.4. The average molecular weight is 524 g/mol. The molecule has 2 aromatic heterocycles. The van der Waals surface area contributed by atoms with Gasteiger partial charge in [-0.25, -0.2) is 0 Å². The van der Waals surface area contributed by atoms with Crippen molar-refractivity contribution in [3.8, 4) is 5.69 Å². The number of fused-ring (bicyclic) bond motifs is 3. The van der Waals surface area contributed by atoms with E-state index in [2.05, 4.69) is 18.4 Å². The van der Waals surface area contributed by atoms with Crippen LogP contribution in [0.1, 0.15) is 79.4 Å². The van der Waals surface area contributed by atoms with Gasteiger partial charge in [-0.1, -0.05) is 57.4 Å². The minimum Gasteiger partial charge on any atom is -0.467 e. The normalized spacial score (nSPS) is 14.1. The van der Waals surface area contributed by atoms with E-state index in [9.17, 15) is 9.59 Å². The van der Waals surface area contributed by atoms with Crippen LogP contribution in [0, 0.1) is 0 Å². The van der Waals surface area contributed by atoms with Crippen LogP contribution in [0.15, 0.2) is 89.7 Å². The maximum Gasteiger partial charge on any atom is 0.254 e. The summed E-state index contributed by atoms with van der Waals surface area (Å²) in [6, 6.07) is 23.1. The Hall–Kier alpha value is -4.06. The summed E-state index contributed by atoms with van der Waals surface area (Å²) >= 11 is 0. The smallest absolute Gasteiger partial charge is 0.254 e. The van der Waals surface area contributed by atoms with Gasteiger partial charge in [-0.3, -0.25) is 14.5 Å². The highest BCUT2D eigenvalue weighted by Crippen LogP contribution is 2.42. The number of rotatable bonds is 11. The number of carbonyl (C=O) groups is 2. The van der Waals surface area contributed by atoms with E-state index in [1.165, 1.54) is 18.4 Å². The number of nitrogens with zero attached hydrogens (tertiary/aromatic N) is 3. The van der Waals surface area contributed by atoms with Gasteiger partial charge in [0.1, 0.15) is 18.3 Å². The lowest BCUT2D eigenvalue weighted by Crippen LogP contribution is -2.47. The molecule has 1 aliphatic heterocycles. The second kappa shape index (κ2) is 12.2. The summed E-state index contributed by atoms with van der Waals surface area (Å²) < 4.78 is 7.95. The molecule has 202 valence electrons. The summed E-state index contributed by atoms with van der Waals surface area (Å²) in [5.74, 6) is 0.431. The molecule has 0 bridgehead atoms. The Morgan fingerprint density at radius 1 is 0.846 bits per heavy atom. The van der Waals surface area contributed by atoms with Crippen molar-refractivity contribution in [3.63, 3.8) is 0 Å². The zero-order chi connectivity index (χ0) is 27.2. The van der Waals surface area contributed by atoms with Crippen molar-refractivity contribution >= 4 is 17.5 Å². The molecule has 0 fully saturated rings. The fraction of sp³-hybridized carbons (Fsp3) is 0.333. The quantitative estimate of drug-likeness (QED) is 0.196. The van der Waals surface area contributed by atoms with Gasteiger partial charge in [0.15, 0.2) is 0 Å². The molecule has 2 aromatic carbocycles. The molecular formula is C33H37N3O3. The predicted molar refractivity (Wildman–Crippen MR) is 154 cm³/mol. The number of aryl methyl sites for hydroxylation is 1. The highest BCUT2D eigenvalue weighted by atomic mass is 16.3. The molecule has 0 radical (unpaired) electrons. The van der Waals surface area contributed by atoms with E-state index in [0.717, 1.165) is 42.8 Å². The number of benzene rings is 2. The first-order chi connectivity index (χ1) is 19.1. The van der Waals surface area contributed by atoms with E-state index in [4.69, 9.17) is 4.42 Å². The summed E-state index contributed by atoms with van der Waals surface area (Å²) in [5.41, 5.74) is 4.53. The number of amides is 2. The Morgan fingerprint density at radius 2 is 1.62 bits per heavy atom. The lowest BCUT2D eigenvalue weighted by atomic mass is 10.0. The standard InChI is InChI=1S/C33H37N3O3/c1-3-5-7-12-25-17-19-26(20-18-25)33(38)34(21-6-4-2)24-31(37)36-28-14-9-8-13-27(28)35-22-10-15-29(35)32(36)30-16-11-23-39-30/h8-11,13-20,22-23,32H,3-7,12,21,24H2,1-2H3. The second-order valence-corrected chi connectivity index (χ2v) is 10.2. The third-order valence-electron chi connectivity index (χ3n) is 7.47. The lowest BCUT2D eigenvalue weighted by Gasteiger charge is -2.38. The van der Waals surface area contributed by atoms with Crippen molar-refractivity contribution in [2.24, 2.45) is 0 Å². The van der Waals surface area contributed by atoms with Crippen LogP contribution in [-0.2, 0) is 11.2 Å². The monoisotopic (exact) mass is 523 g/mol. The topological polar surface area (TPSA) is 58.7 Å². The van der Waals surface area contributed by atoms with Crippen molar-refractivity contribution in [1.82, 2.24) is 9.47 Å². The SMILES string of the molecule is CCCCCc1ccc(C(=O)N(CCCC)CC(=O)N2c3ccccc3-n3cccc3C2c2ccco2)cc1. The van der Waals surface area contributed by atoms with Gasteiger partial charge in [-0.2, -0.15) is 0 Å². The van der Waals surface area contributed by atoms with E-state index in [1.807, 2.05) is 79.0 Å². The lowest BCUT2D eigenvalue weighted by molar-refractivity contribution is -0.119. The molecule has 2 amide bonds. The minimum atomic E-state index is -0.428. The molecule has 0 saturated carbocycles. The molecule has 4 aromatic rings. The van der Waals surface area contributed by atoms with Crippen LogP contribution in [-0.4, -0.2) is 34.4 Å². The van der Waals surface area contributed by atoms with Crippen LogP contribution in [0.2, 0.25) is 0 Å². The van der Waals surface area contributed by atoms with Crippen LogP contribution in [0.4, 0.5) is 5.69 Å². The molecule has 1 unspecified atom stereocenters. The minimum absolute atomic E-state index is 0.0106. The van der Waals surface area contributed by atoms with Gasteiger partial charge < -0.3 is 13.9 Å². The number of hydrogen-bond acceptors (Lipinski definition) is 3. The third kappa shape index (κ3) is 5.56. The number of aromatic nitrogens is 1. The van der Waals surface area contributed by atoms with Crippen LogP contribution >= 0.6 is 0 Å². The van der Waals surface area contributed by atoms with Gasteiger partial charge >= 0.3 is 0 Å². The molecule has 39 heavy (non-hydrogen) atoms. The molecule has 0 N–H and O–H groups in total. The number of unbranched alkanes of at least 4 members (excludes halogenated alkanes) is 3. The number of furan rings is 1. The Balaban J connectivity index is 1.43. The van der Waals surface area contributed by atoms with Crippen molar-refractivity contribution in [3.05, 3.63) is 108 Å². The summed E-state index contributed by atoms with van der Waals surface area (Å²) in [5, 5.41) is 0. The molecule has 0 spiro atoms. The van der Waals surface area contributed by atoms with Crippen LogP contribution in [0.5, 0.6) is 0 Å². The van der Waals surface area contributed by atoms with Gasteiger partial charge in [0, 0.05) is 18.3 Å². The highest BCUT2D eigenvalue weighted by molar-refractivity contribution is 6.02. The van der Waals surface area contributed by atoms with Gasteiger partial charge in [-0.15, -0.1) is 0 Å². The van der Waals surface area contributed by atoms with Crippen molar-refractivity contribution in [1.29, 1.82) is 0 Å². The van der Waals surface area contributed by atoms with Gasteiger partial charge in [-0.05, 0) is 73.4 Å². The number of anilines is 1. The number of hydrogen-bond donors (Lipinski definition) is 0. The third-order valence-corrected chi connectivity index (χ3v) is 7.47. The fourth-order valence-electron chi connectivity index (χ4n) is 5.39. The van der Waals surface area contributed by atoms with Crippen molar-refractivity contribution in [2.75, 3.05) is 18.0 Å². The van der Waals surface area contributed by atoms with Crippen molar-refractivity contribution in [2.45, 2.75) is 58.4 Å². The van der Waals surface area contributed by atoms with E-state index in [-0.39, 0.29) is 18.4 Å². The zero-order valence-corrected chi connectivity index (χ0v) is 22.9. The first-order valence-electron chi connectivity index (χ1n) is 14.1. The van der Waals surface area contributed by atoms with E-state index in [1.54, 1.807) is 16.1 Å². The molecule has 0 saturated heterocycles. The second-order valence-electron chi connectivity index (χ2n) is 10.2. The van der Waals surface area contributed by atoms with Gasteiger partial charge in [0.25, 0.3) is 5.91 Å². The summed E-state index contributed by atoms with van der Waals surface area (Å²) in [6.07, 6.45) is 9.97. The Bertz CT molecular complexity index is 1390. The highest BCUT2D eigenvalue weighted by Gasteiger charge is 2.38. The largest absolute Gasteiger partial charge is 0.467 e. The molecule has 1 aliphatic rings. The molecule has 0 aliphatic carbocycles. The van der Waals surface area contributed by atoms with Crippen LogP contribution in [0.3, 0.4) is 0 Å². The van der Waals surface area contributed by atoms with E-state index >= 15 is 0 Å². The van der Waals surface area contributed by atoms with Gasteiger partial charge in [0.2, 0.25) is 5.91 Å². The van der Waals surface area contributed by atoms with E-state index in [0.29, 0.717) is 17.9 Å². The Kier molecular flexibility index (Phi) is 8.30. The molecular weight excluding hydrogens is 486 g/mol. The molecule has 3 heterocycles. The average Bonchev–Trinajstić information content (AvgIpc) is 3.68. The number of carbonyl (C=O) groups excluding carboxylic acids is 2. The summed E-state index contributed by atoms with van der Waals surface area (Å²) in [6.45, 7) is 4.81. The maximum atomic E-state index is 14.2. The molecule has 6 heteroatoms. The van der Waals surface area contributed by atoms with Crippen molar-refractivity contribution < 1.29 is 14.0 Å². The Morgan fingerprint density at radius 3 is 2.33 bits per heavy atom. The fourth-order valence-corrected chi connectivity index (χ4v) is 5.39. The molecule has 6 nitrogen and oxygen atoms in total. The zero-order valence-electron chi connectivity index (χ0n) is 22.9. The van der Waals surface area contributed by atoms with E-state index < -0.39 is 6.04 Å². The van der Waals surface area contributed by atoms with Crippen LogP contribution < -0.4 is 4.90 Å². The molecule has 5 rings (SSSR count). The Labute approximate surface area is 230 Å².